The van der Waals surface area contributed by atoms with Crippen molar-refractivity contribution in [1.29, 1.82) is 0 Å². The molecule has 2 aliphatic rings. The zero-order chi connectivity index (χ0) is 14.0. The summed E-state index contributed by atoms with van der Waals surface area (Å²) in [6.07, 6.45) is 3.51. The molecule has 1 spiro atoms. The first-order valence-corrected chi connectivity index (χ1v) is 9.53. The van der Waals surface area contributed by atoms with E-state index in [1.165, 1.54) is 23.3 Å². The molecule has 0 N–H and O–H groups in total. The number of hydrogen-bond acceptors (Lipinski definition) is 3. The fourth-order valence-electron chi connectivity index (χ4n) is 3.10. The van der Waals surface area contributed by atoms with Gasteiger partial charge in [-0.2, -0.15) is 11.8 Å². The molecule has 2 saturated heterocycles. The van der Waals surface area contributed by atoms with E-state index in [1.54, 1.807) is 0 Å². The number of thioether (sulfide) groups is 1. The Morgan fingerprint density at radius 1 is 1.50 bits per heavy atom. The molecule has 0 radical (unpaired) electrons. The van der Waals surface area contributed by atoms with Crippen LogP contribution in [0.3, 0.4) is 0 Å². The predicted octanol–water partition coefficient (Wildman–Crippen LogP) is 4.32. The Morgan fingerprint density at radius 3 is 3.15 bits per heavy atom. The standard InChI is InChI=1S/C16H21BrO2S/c1-12-3-2-4-13(10-17)15(12)19-14-5-7-18-16(9-14)6-8-20-11-16/h2-4,14H,5-11H2,1H3. The van der Waals surface area contributed by atoms with Crippen molar-refractivity contribution in [3.8, 4) is 5.75 Å². The molecule has 2 heterocycles. The van der Waals surface area contributed by atoms with E-state index in [1.807, 2.05) is 11.8 Å². The van der Waals surface area contributed by atoms with Crippen LogP contribution in [0, 0.1) is 6.92 Å². The average molecular weight is 357 g/mol. The zero-order valence-electron chi connectivity index (χ0n) is 11.9. The van der Waals surface area contributed by atoms with Crippen LogP contribution in [-0.4, -0.2) is 29.8 Å². The number of para-hydroxylation sites is 1. The van der Waals surface area contributed by atoms with Gasteiger partial charge in [-0.1, -0.05) is 34.1 Å². The molecular formula is C16H21BrO2S. The highest BCUT2D eigenvalue weighted by Crippen LogP contribution is 2.40. The highest BCUT2D eigenvalue weighted by atomic mass is 79.9. The second-order valence-corrected chi connectivity index (χ2v) is 7.43. The highest BCUT2D eigenvalue weighted by molar-refractivity contribution is 9.08. The number of alkyl halides is 1. The molecule has 0 aromatic heterocycles. The van der Waals surface area contributed by atoms with Crippen LogP contribution in [0.1, 0.15) is 30.4 Å². The lowest BCUT2D eigenvalue weighted by Gasteiger charge is -2.38. The molecule has 3 rings (SSSR count). The molecular weight excluding hydrogens is 336 g/mol. The third kappa shape index (κ3) is 3.02. The zero-order valence-corrected chi connectivity index (χ0v) is 14.3. The molecule has 1 aromatic rings. The van der Waals surface area contributed by atoms with Crippen LogP contribution in [-0.2, 0) is 10.1 Å². The van der Waals surface area contributed by atoms with Crippen molar-refractivity contribution in [1.82, 2.24) is 0 Å². The van der Waals surface area contributed by atoms with Gasteiger partial charge in [0, 0.05) is 29.5 Å². The maximum Gasteiger partial charge on any atom is 0.126 e. The van der Waals surface area contributed by atoms with Crippen molar-refractivity contribution in [3.05, 3.63) is 29.3 Å². The molecule has 4 heteroatoms. The molecule has 0 bridgehead atoms. The van der Waals surface area contributed by atoms with Crippen LogP contribution in [0.25, 0.3) is 0 Å². The Labute approximate surface area is 133 Å². The van der Waals surface area contributed by atoms with E-state index in [0.717, 1.165) is 36.3 Å². The van der Waals surface area contributed by atoms with E-state index >= 15 is 0 Å². The molecule has 20 heavy (non-hydrogen) atoms. The summed E-state index contributed by atoms with van der Waals surface area (Å²) in [7, 11) is 0. The maximum atomic E-state index is 6.38. The largest absolute Gasteiger partial charge is 0.490 e. The first-order chi connectivity index (χ1) is 9.72. The van der Waals surface area contributed by atoms with E-state index in [2.05, 4.69) is 41.1 Å². The fraction of sp³-hybridized carbons (Fsp3) is 0.625. The Kier molecular flexibility index (Phi) is 4.63. The van der Waals surface area contributed by atoms with Crippen LogP contribution in [0.4, 0.5) is 0 Å². The summed E-state index contributed by atoms with van der Waals surface area (Å²) >= 11 is 5.57. The van der Waals surface area contributed by atoms with Gasteiger partial charge in [-0.3, -0.25) is 0 Å². The Bertz CT molecular complexity index is 472. The lowest BCUT2D eigenvalue weighted by molar-refractivity contribution is -0.0961. The smallest absolute Gasteiger partial charge is 0.126 e. The first-order valence-electron chi connectivity index (χ1n) is 7.25. The second-order valence-electron chi connectivity index (χ2n) is 5.76. The lowest BCUT2D eigenvalue weighted by Crippen LogP contribution is -2.44. The van der Waals surface area contributed by atoms with Gasteiger partial charge in [0.2, 0.25) is 0 Å². The molecule has 2 unspecified atom stereocenters. The van der Waals surface area contributed by atoms with Crippen LogP contribution in [0.5, 0.6) is 5.75 Å². The van der Waals surface area contributed by atoms with Gasteiger partial charge in [0.05, 0.1) is 12.2 Å². The SMILES string of the molecule is Cc1cccc(CBr)c1OC1CCOC2(CCSC2)C1. The Hall–Kier alpha value is -0.190. The van der Waals surface area contributed by atoms with Gasteiger partial charge < -0.3 is 9.47 Å². The monoisotopic (exact) mass is 356 g/mol. The Balaban J connectivity index is 1.74. The highest BCUT2D eigenvalue weighted by Gasteiger charge is 2.41. The number of ether oxygens (including phenoxy) is 2. The summed E-state index contributed by atoms with van der Waals surface area (Å²) in [6.45, 7) is 2.96. The average Bonchev–Trinajstić information content (AvgIpc) is 2.89. The van der Waals surface area contributed by atoms with Crippen LogP contribution >= 0.6 is 27.7 Å². The lowest BCUT2D eigenvalue weighted by atomic mass is 9.91. The van der Waals surface area contributed by atoms with Crippen molar-refractivity contribution in [2.45, 2.75) is 43.2 Å². The first kappa shape index (κ1) is 14.7. The van der Waals surface area contributed by atoms with Crippen molar-refractivity contribution < 1.29 is 9.47 Å². The van der Waals surface area contributed by atoms with Crippen molar-refractivity contribution in [2.75, 3.05) is 18.1 Å². The van der Waals surface area contributed by atoms with E-state index in [9.17, 15) is 0 Å². The molecule has 0 aliphatic carbocycles. The Morgan fingerprint density at radius 2 is 2.40 bits per heavy atom. The summed E-state index contributed by atoms with van der Waals surface area (Å²) < 4.78 is 12.4. The quantitative estimate of drug-likeness (QED) is 0.751. The number of halogens is 1. The van der Waals surface area contributed by atoms with Gasteiger partial charge in [0.25, 0.3) is 0 Å². The van der Waals surface area contributed by atoms with Crippen LogP contribution in [0.15, 0.2) is 18.2 Å². The second kappa shape index (κ2) is 6.29. The van der Waals surface area contributed by atoms with Crippen molar-refractivity contribution in [2.24, 2.45) is 0 Å². The fourth-order valence-corrected chi connectivity index (χ4v) is 4.92. The van der Waals surface area contributed by atoms with Crippen LogP contribution in [0.2, 0.25) is 0 Å². The van der Waals surface area contributed by atoms with E-state index in [4.69, 9.17) is 9.47 Å². The number of benzene rings is 1. The van der Waals surface area contributed by atoms with Gasteiger partial charge in [0.1, 0.15) is 11.9 Å². The molecule has 110 valence electrons. The minimum Gasteiger partial charge on any atom is -0.490 e. The maximum absolute atomic E-state index is 6.38. The van der Waals surface area contributed by atoms with Crippen molar-refractivity contribution in [3.63, 3.8) is 0 Å². The van der Waals surface area contributed by atoms with E-state index in [-0.39, 0.29) is 5.60 Å². The van der Waals surface area contributed by atoms with Gasteiger partial charge in [-0.25, -0.2) is 0 Å². The minimum atomic E-state index is 0.0881. The molecule has 2 atom stereocenters. The van der Waals surface area contributed by atoms with Crippen molar-refractivity contribution >= 4 is 27.7 Å². The van der Waals surface area contributed by atoms with Gasteiger partial charge >= 0.3 is 0 Å². The normalized spacial score (nSPS) is 29.8. The van der Waals surface area contributed by atoms with Gasteiger partial charge in [-0.05, 0) is 24.7 Å². The minimum absolute atomic E-state index is 0.0881. The topological polar surface area (TPSA) is 18.5 Å². The third-order valence-electron chi connectivity index (χ3n) is 4.24. The van der Waals surface area contributed by atoms with Crippen LogP contribution < -0.4 is 4.74 Å². The molecule has 0 saturated carbocycles. The molecule has 2 nitrogen and oxygen atoms in total. The number of rotatable bonds is 3. The van der Waals surface area contributed by atoms with Gasteiger partial charge in [0.15, 0.2) is 0 Å². The number of aryl methyl sites for hydroxylation is 1. The molecule has 2 aliphatic heterocycles. The summed E-state index contributed by atoms with van der Waals surface area (Å²) in [5, 5.41) is 0.841. The van der Waals surface area contributed by atoms with Gasteiger partial charge in [-0.15, -0.1) is 0 Å². The number of hydrogen-bond donors (Lipinski definition) is 0. The summed E-state index contributed by atoms with van der Waals surface area (Å²) in [5.74, 6) is 3.42. The molecule has 2 fully saturated rings. The summed E-state index contributed by atoms with van der Waals surface area (Å²) in [4.78, 5) is 0. The van der Waals surface area contributed by atoms with E-state index < -0.39 is 0 Å². The summed E-state index contributed by atoms with van der Waals surface area (Å²) in [5.41, 5.74) is 2.56. The third-order valence-corrected chi connectivity index (χ3v) is 6.06. The predicted molar refractivity (Wildman–Crippen MR) is 88.1 cm³/mol. The van der Waals surface area contributed by atoms with E-state index in [0.29, 0.717) is 6.10 Å². The molecule has 0 amide bonds. The molecule has 1 aromatic carbocycles. The summed E-state index contributed by atoms with van der Waals surface area (Å²) in [6, 6.07) is 6.36.